The fraction of sp³-hybridized carbons (Fsp3) is 0.500. The second-order valence-corrected chi connectivity index (χ2v) is 5.51. The normalized spacial score (nSPS) is 24.1. The molecule has 0 radical (unpaired) electrons. The van der Waals surface area contributed by atoms with Crippen LogP contribution < -0.4 is 0 Å². The van der Waals surface area contributed by atoms with Gasteiger partial charge in [0, 0.05) is 11.0 Å². The number of esters is 1. The number of ether oxygens (including phenoxy) is 1. The molecule has 1 aliphatic rings. The molecule has 2 rings (SSSR count). The van der Waals surface area contributed by atoms with Crippen molar-refractivity contribution in [2.45, 2.75) is 19.0 Å². The lowest BCUT2D eigenvalue weighted by molar-refractivity contribution is -0.147. The average Bonchev–Trinajstić information content (AvgIpc) is 2.82. The van der Waals surface area contributed by atoms with E-state index in [9.17, 15) is 4.79 Å². The standard InChI is InChI=1S/C14H18INO2/c1-18-14(17)13-12(9-15)7-8-16(13)10-11-5-3-2-4-6-11/h2-6,12-13H,7-10H2,1H3/t12-,13-/m0/s1. The summed E-state index contributed by atoms with van der Waals surface area (Å²) in [4.78, 5) is 14.2. The van der Waals surface area contributed by atoms with Crippen LogP contribution in [0, 0.1) is 5.92 Å². The van der Waals surface area contributed by atoms with Gasteiger partial charge in [0.15, 0.2) is 0 Å². The highest BCUT2D eigenvalue weighted by atomic mass is 127. The summed E-state index contributed by atoms with van der Waals surface area (Å²) in [5.41, 5.74) is 1.25. The Balaban J connectivity index is 2.09. The van der Waals surface area contributed by atoms with E-state index in [4.69, 9.17) is 4.74 Å². The average molecular weight is 359 g/mol. The Hall–Kier alpha value is -0.620. The predicted molar refractivity (Wildman–Crippen MR) is 79.7 cm³/mol. The van der Waals surface area contributed by atoms with E-state index in [0.717, 1.165) is 23.9 Å². The molecule has 4 heteroatoms. The molecule has 0 aromatic heterocycles. The Morgan fingerprint density at radius 3 is 2.78 bits per heavy atom. The summed E-state index contributed by atoms with van der Waals surface area (Å²) in [5.74, 6) is 0.326. The van der Waals surface area contributed by atoms with E-state index < -0.39 is 0 Å². The molecule has 1 saturated heterocycles. The molecule has 0 spiro atoms. The summed E-state index contributed by atoms with van der Waals surface area (Å²) in [5, 5.41) is 0. The molecular weight excluding hydrogens is 341 g/mol. The van der Waals surface area contributed by atoms with E-state index in [0.29, 0.717) is 5.92 Å². The highest BCUT2D eigenvalue weighted by molar-refractivity contribution is 14.1. The van der Waals surface area contributed by atoms with Crippen LogP contribution in [-0.4, -0.2) is 35.0 Å². The third kappa shape index (κ3) is 3.03. The number of halogens is 1. The number of hydrogen-bond donors (Lipinski definition) is 0. The van der Waals surface area contributed by atoms with Crippen molar-refractivity contribution >= 4 is 28.6 Å². The predicted octanol–water partition coefficient (Wildman–Crippen LogP) is 2.49. The minimum atomic E-state index is -0.0925. The Morgan fingerprint density at radius 1 is 1.44 bits per heavy atom. The number of rotatable bonds is 4. The Kier molecular flexibility index (Phi) is 5.00. The zero-order valence-electron chi connectivity index (χ0n) is 10.5. The first-order valence-corrected chi connectivity index (χ1v) is 7.70. The smallest absolute Gasteiger partial charge is 0.323 e. The summed E-state index contributed by atoms with van der Waals surface area (Å²) < 4.78 is 5.95. The molecule has 0 bridgehead atoms. The van der Waals surface area contributed by atoms with Gasteiger partial charge in [-0.15, -0.1) is 0 Å². The number of hydrogen-bond acceptors (Lipinski definition) is 3. The monoisotopic (exact) mass is 359 g/mol. The van der Waals surface area contributed by atoms with Gasteiger partial charge in [-0.25, -0.2) is 0 Å². The molecule has 1 aromatic carbocycles. The summed E-state index contributed by atoms with van der Waals surface area (Å²) in [7, 11) is 1.48. The van der Waals surface area contributed by atoms with Crippen LogP contribution in [0.15, 0.2) is 30.3 Å². The van der Waals surface area contributed by atoms with Crippen LogP contribution >= 0.6 is 22.6 Å². The molecule has 0 N–H and O–H groups in total. The lowest BCUT2D eigenvalue weighted by Crippen LogP contribution is -2.40. The lowest BCUT2D eigenvalue weighted by atomic mass is 10.0. The zero-order chi connectivity index (χ0) is 13.0. The van der Waals surface area contributed by atoms with Crippen LogP contribution in [0.4, 0.5) is 0 Å². The summed E-state index contributed by atoms with van der Waals surface area (Å²) >= 11 is 2.36. The van der Waals surface area contributed by atoms with Gasteiger partial charge in [0.2, 0.25) is 0 Å². The largest absolute Gasteiger partial charge is 0.468 e. The van der Waals surface area contributed by atoms with E-state index in [-0.39, 0.29) is 12.0 Å². The van der Waals surface area contributed by atoms with Crippen molar-refractivity contribution in [3.63, 3.8) is 0 Å². The van der Waals surface area contributed by atoms with Gasteiger partial charge in [-0.3, -0.25) is 9.69 Å². The van der Waals surface area contributed by atoms with E-state index in [1.807, 2.05) is 18.2 Å². The Labute approximate surface area is 122 Å². The van der Waals surface area contributed by atoms with E-state index in [1.165, 1.54) is 12.7 Å². The maximum absolute atomic E-state index is 11.9. The molecule has 98 valence electrons. The van der Waals surface area contributed by atoms with Gasteiger partial charge in [0.25, 0.3) is 0 Å². The first kappa shape index (κ1) is 13.8. The number of likely N-dealkylation sites (tertiary alicyclic amines) is 1. The molecule has 0 amide bonds. The van der Waals surface area contributed by atoms with Gasteiger partial charge < -0.3 is 4.74 Å². The third-order valence-corrected chi connectivity index (χ3v) is 4.63. The van der Waals surface area contributed by atoms with Gasteiger partial charge in [0.1, 0.15) is 6.04 Å². The highest BCUT2D eigenvalue weighted by Crippen LogP contribution is 2.28. The number of nitrogens with zero attached hydrogens (tertiary/aromatic N) is 1. The van der Waals surface area contributed by atoms with Gasteiger partial charge in [-0.1, -0.05) is 52.9 Å². The van der Waals surface area contributed by atoms with Gasteiger partial charge >= 0.3 is 5.97 Å². The minimum Gasteiger partial charge on any atom is -0.468 e. The zero-order valence-corrected chi connectivity index (χ0v) is 12.7. The van der Waals surface area contributed by atoms with Crippen LogP contribution in [-0.2, 0) is 16.1 Å². The van der Waals surface area contributed by atoms with Gasteiger partial charge in [-0.05, 0) is 24.4 Å². The van der Waals surface area contributed by atoms with Crippen LogP contribution in [0.25, 0.3) is 0 Å². The molecular formula is C14H18INO2. The van der Waals surface area contributed by atoms with Crippen molar-refractivity contribution in [1.29, 1.82) is 0 Å². The molecule has 1 fully saturated rings. The third-order valence-electron chi connectivity index (χ3n) is 3.50. The molecule has 1 heterocycles. The summed E-state index contributed by atoms with van der Waals surface area (Å²) in [6.45, 7) is 1.80. The number of carbonyl (C=O) groups excluding carboxylic acids is 1. The molecule has 0 unspecified atom stereocenters. The van der Waals surface area contributed by atoms with E-state index in [1.54, 1.807) is 0 Å². The van der Waals surface area contributed by atoms with Crippen LogP contribution in [0.3, 0.4) is 0 Å². The molecule has 1 aromatic rings. The quantitative estimate of drug-likeness (QED) is 0.470. The number of carbonyl (C=O) groups is 1. The number of benzene rings is 1. The van der Waals surface area contributed by atoms with Crippen molar-refractivity contribution in [3.05, 3.63) is 35.9 Å². The van der Waals surface area contributed by atoms with Crippen molar-refractivity contribution in [2.75, 3.05) is 18.1 Å². The molecule has 18 heavy (non-hydrogen) atoms. The maximum atomic E-state index is 11.9. The number of alkyl halides is 1. The van der Waals surface area contributed by atoms with Crippen molar-refractivity contribution < 1.29 is 9.53 Å². The first-order valence-electron chi connectivity index (χ1n) is 6.18. The van der Waals surface area contributed by atoms with Gasteiger partial charge in [0.05, 0.1) is 7.11 Å². The SMILES string of the molecule is COC(=O)[C@@H]1[C@H](CI)CCN1Cc1ccccc1. The van der Waals surface area contributed by atoms with Crippen LogP contribution in [0.5, 0.6) is 0 Å². The number of methoxy groups -OCH3 is 1. The second-order valence-electron chi connectivity index (χ2n) is 4.63. The maximum Gasteiger partial charge on any atom is 0.323 e. The first-order chi connectivity index (χ1) is 8.76. The highest BCUT2D eigenvalue weighted by Gasteiger charge is 2.39. The van der Waals surface area contributed by atoms with Crippen molar-refractivity contribution in [2.24, 2.45) is 5.92 Å². The molecule has 2 atom stereocenters. The summed E-state index contributed by atoms with van der Waals surface area (Å²) in [6, 6.07) is 10.2. The topological polar surface area (TPSA) is 29.5 Å². The van der Waals surface area contributed by atoms with Gasteiger partial charge in [-0.2, -0.15) is 0 Å². The summed E-state index contributed by atoms with van der Waals surface area (Å²) in [6.07, 6.45) is 1.08. The Bertz CT molecular complexity index is 396. The minimum absolute atomic E-state index is 0.0768. The Morgan fingerprint density at radius 2 is 2.17 bits per heavy atom. The second kappa shape index (κ2) is 6.52. The molecule has 0 aliphatic carbocycles. The van der Waals surface area contributed by atoms with Crippen molar-refractivity contribution in [1.82, 2.24) is 4.90 Å². The lowest BCUT2D eigenvalue weighted by Gasteiger charge is -2.25. The van der Waals surface area contributed by atoms with Crippen LogP contribution in [0.2, 0.25) is 0 Å². The molecule has 1 aliphatic heterocycles. The fourth-order valence-corrected chi connectivity index (χ4v) is 3.47. The van der Waals surface area contributed by atoms with E-state index in [2.05, 4.69) is 39.6 Å². The van der Waals surface area contributed by atoms with Crippen LogP contribution in [0.1, 0.15) is 12.0 Å². The fourth-order valence-electron chi connectivity index (χ4n) is 2.55. The van der Waals surface area contributed by atoms with Crippen molar-refractivity contribution in [3.8, 4) is 0 Å². The van der Waals surface area contributed by atoms with E-state index >= 15 is 0 Å². The molecule has 3 nitrogen and oxygen atoms in total. The molecule has 0 saturated carbocycles.